The third-order valence-electron chi connectivity index (χ3n) is 5.13. The highest BCUT2D eigenvalue weighted by atomic mass is 16.6. The Kier molecular flexibility index (Phi) is 6.06. The molecule has 0 atom stereocenters. The minimum Gasteiger partial charge on any atom is -0.478 e. The number of hydrogen-bond acceptors (Lipinski definition) is 5. The lowest BCUT2D eigenvalue weighted by atomic mass is 9.63. The Morgan fingerprint density at radius 1 is 1.14 bits per heavy atom. The Hall–Kier alpha value is -3.68. The van der Waals surface area contributed by atoms with Crippen LogP contribution >= 0.6 is 0 Å². The Bertz CT molecular complexity index is 935. The zero-order chi connectivity index (χ0) is 21.9. The molecule has 0 fully saturated rings. The number of carbonyl (C=O) groups is 2. The average molecular weight is 398 g/mol. The van der Waals surface area contributed by atoms with Crippen LogP contribution in [0.1, 0.15) is 25.8 Å². The van der Waals surface area contributed by atoms with Crippen molar-refractivity contribution in [1.82, 2.24) is 4.90 Å². The molecule has 152 valence electrons. The van der Waals surface area contributed by atoms with Gasteiger partial charge >= 0.3 is 11.9 Å². The van der Waals surface area contributed by atoms with Crippen molar-refractivity contribution in [2.24, 2.45) is 0 Å². The second kappa shape index (κ2) is 8.14. The van der Waals surface area contributed by atoms with Crippen LogP contribution in [0.25, 0.3) is 0 Å². The van der Waals surface area contributed by atoms with Crippen molar-refractivity contribution in [3.05, 3.63) is 87.8 Å². The molecule has 0 bridgehead atoms. The molecule has 2 N–H and O–H groups in total. The van der Waals surface area contributed by atoms with Crippen molar-refractivity contribution >= 4 is 17.6 Å². The molecule has 0 saturated heterocycles. The number of carboxylic acids is 2. The van der Waals surface area contributed by atoms with Crippen LogP contribution in [0.5, 0.6) is 0 Å². The summed E-state index contributed by atoms with van der Waals surface area (Å²) < 4.78 is 0. The van der Waals surface area contributed by atoms with Crippen molar-refractivity contribution < 1.29 is 24.7 Å². The molecule has 0 spiro atoms. The number of nitrogens with zero attached hydrogens (tertiary/aromatic N) is 2. The first-order valence-electron chi connectivity index (χ1n) is 8.77. The van der Waals surface area contributed by atoms with E-state index in [9.17, 15) is 29.9 Å². The minimum absolute atomic E-state index is 0.0615. The molecule has 0 aliphatic carbocycles. The maximum absolute atomic E-state index is 12.4. The Labute approximate surface area is 167 Å². The molecule has 0 radical (unpaired) electrons. The Balaban J connectivity index is 3.05. The van der Waals surface area contributed by atoms with E-state index < -0.39 is 22.3 Å². The summed E-state index contributed by atoms with van der Waals surface area (Å²) in [6.07, 6.45) is 2.91. The van der Waals surface area contributed by atoms with E-state index in [1.165, 1.54) is 30.3 Å². The highest BCUT2D eigenvalue weighted by molar-refractivity contribution is 6.00. The summed E-state index contributed by atoms with van der Waals surface area (Å²) in [7, 11) is 0. The lowest BCUT2D eigenvalue weighted by Gasteiger charge is -2.44. The molecule has 29 heavy (non-hydrogen) atoms. The predicted molar refractivity (Wildman–Crippen MR) is 107 cm³/mol. The topological polar surface area (TPSA) is 121 Å². The second-order valence-corrected chi connectivity index (χ2v) is 6.64. The highest BCUT2D eigenvalue weighted by Crippen LogP contribution is 2.50. The number of carboxylic acid groups (broad SMARTS) is 2. The molecule has 1 aliphatic heterocycles. The van der Waals surface area contributed by atoms with Gasteiger partial charge in [0.25, 0.3) is 5.69 Å². The van der Waals surface area contributed by atoms with Gasteiger partial charge in [-0.15, -0.1) is 13.2 Å². The van der Waals surface area contributed by atoms with Crippen LogP contribution in [0.4, 0.5) is 5.69 Å². The maximum atomic E-state index is 12.4. The van der Waals surface area contributed by atoms with Crippen molar-refractivity contribution in [3.8, 4) is 0 Å². The highest BCUT2D eigenvalue weighted by Gasteiger charge is 2.51. The molecule has 8 nitrogen and oxygen atoms in total. The molecule has 0 amide bonds. The van der Waals surface area contributed by atoms with Crippen molar-refractivity contribution in [3.63, 3.8) is 0 Å². The van der Waals surface area contributed by atoms with Crippen LogP contribution < -0.4 is 0 Å². The SMILES string of the molecule is C=CCN1C(C)=C(C(=O)O)C(CC=C)(c2cccc([N+](=O)[O-])c2)C(C(=O)O)=C1C. The minimum atomic E-state index is -1.64. The number of hydrogen-bond donors (Lipinski definition) is 2. The second-order valence-electron chi connectivity index (χ2n) is 6.64. The van der Waals surface area contributed by atoms with Gasteiger partial charge < -0.3 is 15.1 Å². The fourth-order valence-electron chi connectivity index (χ4n) is 4.05. The van der Waals surface area contributed by atoms with Gasteiger partial charge in [-0.1, -0.05) is 24.3 Å². The number of nitro benzene ring substituents is 1. The number of non-ortho nitro benzene ring substituents is 1. The van der Waals surface area contributed by atoms with E-state index in [1.54, 1.807) is 24.8 Å². The molecule has 0 saturated carbocycles. The lowest BCUT2D eigenvalue weighted by Crippen LogP contribution is -2.45. The number of rotatable bonds is 8. The quantitative estimate of drug-likeness (QED) is 0.390. The smallest absolute Gasteiger partial charge is 0.334 e. The van der Waals surface area contributed by atoms with Crippen LogP contribution in [0, 0.1) is 10.1 Å². The first-order valence-corrected chi connectivity index (χ1v) is 8.77. The van der Waals surface area contributed by atoms with Crippen molar-refractivity contribution in [2.45, 2.75) is 25.7 Å². The summed E-state index contributed by atoms with van der Waals surface area (Å²) in [6, 6.07) is 5.41. The van der Waals surface area contributed by atoms with Gasteiger partial charge in [0, 0.05) is 30.1 Å². The summed E-state index contributed by atoms with van der Waals surface area (Å²) in [5.74, 6) is -2.62. The molecule has 2 rings (SSSR count). The van der Waals surface area contributed by atoms with Gasteiger partial charge in [0.2, 0.25) is 0 Å². The average Bonchev–Trinajstić information content (AvgIpc) is 2.64. The van der Waals surface area contributed by atoms with Crippen LogP contribution in [0.3, 0.4) is 0 Å². The van der Waals surface area contributed by atoms with Crippen LogP contribution in [-0.4, -0.2) is 38.5 Å². The third kappa shape index (κ3) is 3.44. The van der Waals surface area contributed by atoms with E-state index in [1.807, 2.05) is 0 Å². The number of allylic oxidation sites excluding steroid dienone is 3. The largest absolute Gasteiger partial charge is 0.478 e. The van der Waals surface area contributed by atoms with E-state index in [0.29, 0.717) is 11.4 Å². The van der Waals surface area contributed by atoms with Crippen LogP contribution in [0.2, 0.25) is 0 Å². The maximum Gasteiger partial charge on any atom is 0.334 e. The summed E-state index contributed by atoms with van der Waals surface area (Å²) >= 11 is 0. The summed E-state index contributed by atoms with van der Waals surface area (Å²) in [6.45, 7) is 10.7. The van der Waals surface area contributed by atoms with E-state index in [-0.39, 0.29) is 35.4 Å². The summed E-state index contributed by atoms with van der Waals surface area (Å²) in [4.78, 5) is 37.0. The first-order chi connectivity index (χ1) is 13.6. The van der Waals surface area contributed by atoms with E-state index in [4.69, 9.17) is 0 Å². The van der Waals surface area contributed by atoms with Gasteiger partial charge in [-0.3, -0.25) is 10.1 Å². The van der Waals surface area contributed by atoms with E-state index in [2.05, 4.69) is 13.2 Å². The predicted octanol–water partition coefficient (Wildman–Crippen LogP) is 3.63. The molecule has 8 heteroatoms. The van der Waals surface area contributed by atoms with Gasteiger partial charge in [-0.05, 0) is 25.8 Å². The number of benzene rings is 1. The normalized spacial score (nSPS) is 15.9. The molecular weight excluding hydrogens is 376 g/mol. The van der Waals surface area contributed by atoms with Gasteiger partial charge in [0.15, 0.2) is 0 Å². The monoisotopic (exact) mass is 398 g/mol. The van der Waals surface area contributed by atoms with Crippen molar-refractivity contribution in [1.29, 1.82) is 0 Å². The van der Waals surface area contributed by atoms with E-state index in [0.717, 1.165) is 0 Å². The molecule has 1 aliphatic rings. The van der Waals surface area contributed by atoms with E-state index >= 15 is 0 Å². The summed E-state index contributed by atoms with van der Waals surface area (Å²) in [5.41, 5.74) is -1.34. The zero-order valence-electron chi connectivity index (χ0n) is 16.2. The molecule has 0 aromatic heterocycles. The molecule has 1 heterocycles. The van der Waals surface area contributed by atoms with Gasteiger partial charge in [-0.25, -0.2) is 9.59 Å². The zero-order valence-corrected chi connectivity index (χ0v) is 16.2. The van der Waals surface area contributed by atoms with Gasteiger partial charge in [-0.2, -0.15) is 0 Å². The standard InChI is InChI=1S/C21H22N2O6/c1-5-10-21(15-8-7-9-16(12-15)23(28)29)17(19(24)25)13(3)22(11-6-2)14(4)18(21)20(26)27/h5-9,12H,1-2,10-11H2,3-4H3,(H,24,25)(H,26,27). The third-order valence-corrected chi connectivity index (χ3v) is 5.13. The Morgan fingerprint density at radius 2 is 1.69 bits per heavy atom. The van der Waals surface area contributed by atoms with Gasteiger partial charge in [0.05, 0.1) is 21.5 Å². The van der Waals surface area contributed by atoms with Gasteiger partial charge in [0.1, 0.15) is 0 Å². The Morgan fingerprint density at radius 3 is 2.10 bits per heavy atom. The number of aliphatic carboxylic acids is 2. The molecule has 0 unspecified atom stereocenters. The fourth-order valence-corrected chi connectivity index (χ4v) is 4.05. The number of nitro groups is 1. The first kappa shape index (κ1) is 21.6. The summed E-state index contributed by atoms with van der Waals surface area (Å²) in [5, 5.41) is 31.5. The molecular formula is C21H22N2O6. The van der Waals surface area contributed by atoms with Crippen LogP contribution in [0.15, 0.2) is 72.1 Å². The fraction of sp³-hybridized carbons (Fsp3) is 0.238. The molecule has 1 aromatic rings. The van der Waals surface area contributed by atoms with Crippen LogP contribution in [-0.2, 0) is 15.0 Å². The van der Waals surface area contributed by atoms with Crippen molar-refractivity contribution in [2.75, 3.05) is 6.54 Å². The molecule has 1 aromatic carbocycles. The lowest BCUT2D eigenvalue weighted by molar-refractivity contribution is -0.385.